The zero-order valence-electron chi connectivity index (χ0n) is 36.1. The standard InChI is InChI=1S/C57H46O6P2/c1-5-15-39-37-41(25-35-51(39)60-43-27-31-45(32-28-43)64(58)55-23-13-9-19-49(55)47-17-7-11-21-53(47)62-64)57(3,4)42-26-36-52(40(38-42)16-6-2)61-44-29-33-46(34-30-44)65(59)56-24-14-10-20-50(56)48-18-8-12-22-54(48)63-65/h5-14,17-38H,1-2,15-16H2,3-4H3. The fraction of sp³-hybridized carbons (Fsp3) is 0.0877. The van der Waals surface area contributed by atoms with E-state index in [1.54, 1.807) is 0 Å². The predicted octanol–water partition coefficient (Wildman–Crippen LogP) is 13.6. The SMILES string of the molecule is C=CCc1cc(C(C)(C)c2ccc(Oc3ccc(P4(=O)Oc5ccccc5-c5ccccc54)cc3)c(CC=C)c2)ccc1Oc1ccc(P2(=O)Oc3ccccc3-c3ccccc32)cc1. The second-order valence-electron chi connectivity index (χ2n) is 16.8. The molecule has 2 aliphatic rings. The first-order chi connectivity index (χ1) is 31.6. The van der Waals surface area contributed by atoms with Gasteiger partial charge in [-0.05, 0) is 131 Å². The molecule has 0 amide bonds. The molecular formula is C57H46O6P2. The molecule has 0 aliphatic carbocycles. The zero-order chi connectivity index (χ0) is 44.8. The fourth-order valence-corrected chi connectivity index (χ4v) is 13.3. The Morgan fingerprint density at radius 2 is 0.846 bits per heavy atom. The van der Waals surface area contributed by atoms with E-state index in [0.717, 1.165) is 44.5 Å². The van der Waals surface area contributed by atoms with Crippen molar-refractivity contribution in [2.45, 2.75) is 32.1 Å². The summed E-state index contributed by atoms with van der Waals surface area (Å²) in [5, 5.41) is 2.57. The third-order valence-corrected chi connectivity index (χ3v) is 17.3. The minimum atomic E-state index is -3.42. The second-order valence-corrected chi connectivity index (χ2v) is 21.3. The molecule has 0 bridgehead atoms. The van der Waals surface area contributed by atoms with E-state index in [4.69, 9.17) is 18.5 Å². The molecular weight excluding hydrogens is 843 g/mol. The average Bonchev–Trinajstić information content (AvgIpc) is 3.33. The number of ether oxygens (including phenoxy) is 2. The summed E-state index contributed by atoms with van der Waals surface area (Å²) in [6.07, 6.45) is 4.96. The van der Waals surface area contributed by atoms with Crippen molar-refractivity contribution >= 4 is 36.0 Å². The van der Waals surface area contributed by atoms with Crippen LogP contribution in [0.25, 0.3) is 22.3 Å². The summed E-state index contributed by atoms with van der Waals surface area (Å²) in [5.41, 5.74) is 7.52. The number of hydrogen-bond donors (Lipinski definition) is 0. The summed E-state index contributed by atoms with van der Waals surface area (Å²) in [6, 6.07) is 58.3. The van der Waals surface area contributed by atoms with Gasteiger partial charge in [-0.3, -0.25) is 9.13 Å². The normalized spacial score (nSPS) is 16.9. The molecule has 0 spiro atoms. The van der Waals surface area contributed by atoms with Crippen LogP contribution in [0.1, 0.15) is 36.1 Å². The van der Waals surface area contributed by atoms with Crippen LogP contribution < -0.4 is 39.7 Å². The maximum atomic E-state index is 14.7. The van der Waals surface area contributed by atoms with Crippen LogP contribution in [0.5, 0.6) is 34.5 Å². The van der Waals surface area contributed by atoms with E-state index < -0.39 is 20.2 Å². The summed E-state index contributed by atoms with van der Waals surface area (Å²) in [4.78, 5) is 0. The summed E-state index contributed by atoms with van der Waals surface area (Å²) in [7, 11) is -6.83. The van der Waals surface area contributed by atoms with Gasteiger partial charge >= 0.3 is 14.7 Å². The van der Waals surface area contributed by atoms with Crippen LogP contribution in [0.2, 0.25) is 0 Å². The molecule has 2 unspecified atom stereocenters. The number of fused-ring (bicyclic) bond motifs is 6. The van der Waals surface area contributed by atoms with Gasteiger partial charge in [0.05, 0.1) is 21.2 Å². The van der Waals surface area contributed by atoms with Gasteiger partial charge in [-0.25, -0.2) is 0 Å². The molecule has 0 N–H and O–H groups in total. The Kier molecular flexibility index (Phi) is 10.8. The molecule has 0 fully saturated rings. The smallest absolute Gasteiger partial charge is 0.307 e. The lowest BCUT2D eigenvalue weighted by molar-refractivity contribution is 0.476. The van der Waals surface area contributed by atoms with E-state index in [1.165, 1.54) is 0 Å². The van der Waals surface area contributed by atoms with Crippen LogP contribution in [0.15, 0.2) is 207 Å². The molecule has 0 aromatic heterocycles. The van der Waals surface area contributed by atoms with Crippen LogP contribution in [-0.2, 0) is 27.4 Å². The Morgan fingerprint density at radius 1 is 0.477 bits per heavy atom. The van der Waals surface area contributed by atoms with Crippen molar-refractivity contribution in [1.29, 1.82) is 0 Å². The molecule has 0 radical (unpaired) electrons. The summed E-state index contributed by atoms with van der Waals surface area (Å²) < 4.78 is 55.0. The summed E-state index contributed by atoms with van der Waals surface area (Å²) >= 11 is 0. The molecule has 8 heteroatoms. The predicted molar refractivity (Wildman–Crippen MR) is 265 cm³/mol. The fourth-order valence-electron chi connectivity index (χ4n) is 8.82. The highest BCUT2D eigenvalue weighted by Gasteiger charge is 2.39. The van der Waals surface area contributed by atoms with Crippen molar-refractivity contribution in [3.8, 4) is 56.8 Å². The molecule has 6 nitrogen and oxygen atoms in total. The van der Waals surface area contributed by atoms with Crippen LogP contribution >= 0.6 is 14.7 Å². The van der Waals surface area contributed by atoms with Gasteiger partial charge in [0.2, 0.25) is 0 Å². The first kappa shape index (κ1) is 41.9. The van der Waals surface area contributed by atoms with Crippen molar-refractivity contribution in [1.82, 2.24) is 0 Å². The molecule has 0 saturated heterocycles. The lowest BCUT2D eigenvalue weighted by Gasteiger charge is -2.29. The molecule has 320 valence electrons. The average molecular weight is 889 g/mol. The van der Waals surface area contributed by atoms with Gasteiger partial charge < -0.3 is 18.5 Å². The number of para-hydroxylation sites is 2. The third-order valence-electron chi connectivity index (χ3n) is 12.4. The Balaban J connectivity index is 0.877. The Hall–Kier alpha value is -7.10. The molecule has 65 heavy (non-hydrogen) atoms. The van der Waals surface area contributed by atoms with Crippen molar-refractivity contribution in [3.05, 3.63) is 230 Å². The molecule has 10 rings (SSSR count). The Morgan fingerprint density at radius 3 is 1.25 bits per heavy atom. The first-order valence-electron chi connectivity index (χ1n) is 21.6. The maximum Gasteiger partial charge on any atom is 0.307 e. The minimum absolute atomic E-state index is 0.395. The van der Waals surface area contributed by atoms with Crippen LogP contribution in [0.3, 0.4) is 0 Å². The van der Waals surface area contributed by atoms with E-state index in [-0.39, 0.29) is 0 Å². The topological polar surface area (TPSA) is 71.1 Å². The van der Waals surface area contributed by atoms with Gasteiger partial charge in [0.1, 0.15) is 34.5 Å². The van der Waals surface area contributed by atoms with E-state index in [2.05, 4.69) is 51.3 Å². The van der Waals surface area contributed by atoms with E-state index in [1.807, 2.05) is 170 Å². The van der Waals surface area contributed by atoms with Crippen molar-refractivity contribution in [2.24, 2.45) is 0 Å². The number of rotatable bonds is 12. The molecule has 2 aliphatic heterocycles. The molecule has 0 saturated carbocycles. The molecule has 2 heterocycles. The monoisotopic (exact) mass is 888 g/mol. The highest BCUT2D eigenvalue weighted by atomic mass is 31.2. The van der Waals surface area contributed by atoms with Gasteiger partial charge in [0, 0.05) is 16.5 Å². The number of benzene rings is 8. The van der Waals surface area contributed by atoms with Crippen molar-refractivity contribution < 1.29 is 27.7 Å². The Bertz CT molecular complexity index is 3030. The summed E-state index contributed by atoms with van der Waals surface area (Å²) in [6.45, 7) is 12.5. The quantitative estimate of drug-likeness (QED) is 0.0899. The van der Waals surface area contributed by atoms with Crippen molar-refractivity contribution in [3.63, 3.8) is 0 Å². The lowest BCUT2D eigenvalue weighted by atomic mass is 9.76. The number of allylic oxidation sites excluding steroid dienone is 2. The van der Waals surface area contributed by atoms with Crippen LogP contribution in [0.4, 0.5) is 0 Å². The molecule has 8 aromatic rings. The third kappa shape index (κ3) is 7.53. The van der Waals surface area contributed by atoms with E-state index in [0.29, 0.717) is 68.6 Å². The van der Waals surface area contributed by atoms with Crippen molar-refractivity contribution in [2.75, 3.05) is 0 Å². The van der Waals surface area contributed by atoms with Gasteiger partial charge in [0.15, 0.2) is 0 Å². The zero-order valence-corrected chi connectivity index (χ0v) is 37.9. The van der Waals surface area contributed by atoms with Crippen LogP contribution in [0, 0.1) is 0 Å². The first-order valence-corrected chi connectivity index (χ1v) is 24.9. The van der Waals surface area contributed by atoms with Gasteiger partial charge in [-0.1, -0.05) is 123 Å². The van der Waals surface area contributed by atoms with Gasteiger partial charge in [-0.15, -0.1) is 13.2 Å². The highest BCUT2D eigenvalue weighted by Crippen LogP contribution is 2.55. The largest absolute Gasteiger partial charge is 0.457 e. The van der Waals surface area contributed by atoms with Gasteiger partial charge in [0.25, 0.3) is 0 Å². The number of hydrogen-bond acceptors (Lipinski definition) is 6. The molecule has 8 aromatic carbocycles. The highest BCUT2D eigenvalue weighted by molar-refractivity contribution is 7.75. The van der Waals surface area contributed by atoms with E-state index >= 15 is 0 Å². The second kappa shape index (κ2) is 16.8. The molecule has 2 atom stereocenters. The lowest BCUT2D eigenvalue weighted by Crippen LogP contribution is -2.25. The maximum absolute atomic E-state index is 14.7. The van der Waals surface area contributed by atoms with Gasteiger partial charge in [-0.2, -0.15) is 0 Å². The Labute approximate surface area is 380 Å². The van der Waals surface area contributed by atoms with E-state index in [9.17, 15) is 9.13 Å². The van der Waals surface area contributed by atoms with Crippen LogP contribution in [-0.4, -0.2) is 0 Å². The minimum Gasteiger partial charge on any atom is -0.457 e. The summed E-state index contributed by atoms with van der Waals surface area (Å²) in [5.74, 6) is 3.90.